The van der Waals surface area contributed by atoms with E-state index in [-0.39, 0.29) is 22.2 Å². The maximum atomic E-state index is 13.0. The molecule has 0 N–H and O–H groups in total. The summed E-state index contributed by atoms with van der Waals surface area (Å²) in [6.07, 6.45) is 3.11. The largest absolute Gasteiger partial charge is 0.496 e. The van der Waals surface area contributed by atoms with E-state index in [0.29, 0.717) is 42.7 Å². The monoisotopic (exact) mass is 338 g/mol. The fourth-order valence-electron chi connectivity index (χ4n) is 3.92. The van der Waals surface area contributed by atoms with E-state index in [1.165, 1.54) is 14.2 Å². The number of Topliss-reactive ketones (excluding diaryl/α,β-unsaturated/α-hetero) is 1. The summed E-state index contributed by atoms with van der Waals surface area (Å²) in [7, 11) is -0.0213. The van der Waals surface area contributed by atoms with Crippen molar-refractivity contribution in [3.05, 3.63) is 23.8 Å². The summed E-state index contributed by atoms with van der Waals surface area (Å²) in [5, 5.41) is -0.741. The van der Waals surface area contributed by atoms with Gasteiger partial charge in [-0.3, -0.25) is 4.79 Å². The lowest BCUT2D eigenvalue weighted by Crippen LogP contribution is -2.45. The molecule has 0 saturated carbocycles. The normalized spacial score (nSPS) is 28.9. The number of sulfone groups is 1. The third-order valence-electron chi connectivity index (χ3n) is 5.12. The average molecular weight is 338 g/mol. The van der Waals surface area contributed by atoms with Crippen LogP contribution >= 0.6 is 0 Å². The fraction of sp³-hybridized carbons (Fsp3) is 0.588. The Morgan fingerprint density at radius 1 is 1.04 bits per heavy atom. The molecule has 0 radical (unpaired) electrons. The van der Waals surface area contributed by atoms with Crippen LogP contribution in [0.5, 0.6) is 11.5 Å². The average Bonchev–Trinajstić information content (AvgIpc) is 2.52. The first-order valence-electron chi connectivity index (χ1n) is 7.97. The lowest BCUT2D eigenvalue weighted by molar-refractivity contribution is 0.0887. The van der Waals surface area contributed by atoms with Gasteiger partial charge in [0.2, 0.25) is 0 Å². The molecule has 3 rings (SSSR count). The number of rotatable bonds is 4. The Hall–Kier alpha value is -1.56. The van der Waals surface area contributed by atoms with Crippen molar-refractivity contribution >= 4 is 15.6 Å². The quantitative estimate of drug-likeness (QED) is 0.789. The second-order valence-electron chi connectivity index (χ2n) is 6.33. The highest BCUT2D eigenvalue weighted by atomic mass is 32.2. The summed E-state index contributed by atoms with van der Waals surface area (Å²) >= 11 is 0. The standard InChI is InChI=1S/C17H22O5S/c1-21-14-7-4-8-15(22-2)16(14)17(18)11-9-12-5-3-6-13(10-11)23(12,19)20/h4,7-8,11-13H,3,5-6,9-10H2,1-2H3. The van der Waals surface area contributed by atoms with E-state index in [1.54, 1.807) is 18.2 Å². The van der Waals surface area contributed by atoms with Gasteiger partial charge in [-0.25, -0.2) is 8.42 Å². The zero-order chi connectivity index (χ0) is 16.6. The van der Waals surface area contributed by atoms with Gasteiger partial charge in [-0.15, -0.1) is 0 Å². The van der Waals surface area contributed by atoms with Crippen LogP contribution in [0, 0.1) is 5.92 Å². The topological polar surface area (TPSA) is 69.7 Å². The minimum atomic E-state index is -3.06. The molecule has 0 amide bonds. The van der Waals surface area contributed by atoms with Crippen molar-refractivity contribution in [2.45, 2.75) is 42.6 Å². The summed E-state index contributed by atoms with van der Waals surface area (Å²) < 4.78 is 35.4. The van der Waals surface area contributed by atoms with Gasteiger partial charge in [-0.2, -0.15) is 0 Å². The third kappa shape index (κ3) is 2.73. The van der Waals surface area contributed by atoms with Gasteiger partial charge in [0.1, 0.15) is 17.1 Å². The number of fused-ring (bicyclic) bond motifs is 2. The van der Waals surface area contributed by atoms with Crippen molar-refractivity contribution in [1.82, 2.24) is 0 Å². The van der Waals surface area contributed by atoms with Crippen LogP contribution < -0.4 is 9.47 Å². The SMILES string of the molecule is COc1cccc(OC)c1C(=O)C1CC2CCCC(C1)S2(=O)=O. The van der Waals surface area contributed by atoms with Gasteiger partial charge in [0.15, 0.2) is 15.6 Å². The van der Waals surface area contributed by atoms with Crippen LogP contribution in [-0.2, 0) is 9.84 Å². The van der Waals surface area contributed by atoms with E-state index < -0.39 is 9.84 Å². The van der Waals surface area contributed by atoms with Crippen LogP contribution in [0.1, 0.15) is 42.5 Å². The minimum absolute atomic E-state index is 0.0638. The van der Waals surface area contributed by atoms with Gasteiger partial charge in [0.25, 0.3) is 0 Å². The van der Waals surface area contributed by atoms with E-state index in [9.17, 15) is 13.2 Å². The zero-order valence-corrected chi connectivity index (χ0v) is 14.3. The van der Waals surface area contributed by atoms with E-state index in [4.69, 9.17) is 9.47 Å². The van der Waals surface area contributed by atoms with E-state index in [2.05, 4.69) is 0 Å². The van der Waals surface area contributed by atoms with Crippen LogP contribution in [-0.4, -0.2) is 38.9 Å². The van der Waals surface area contributed by atoms with Crippen LogP contribution in [0.15, 0.2) is 18.2 Å². The van der Waals surface area contributed by atoms with Gasteiger partial charge in [-0.1, -0.05) is 12.5 Å². The van der Waals surface area contributed by atoms with Gasteiger partial charge in [0.05, 0.1) is 24.7 Å². The number of carbonyl (C=O) groups is 1. The molecule has 0 aromatic heterocycles. The van der Waals surface area contributed by atoms with Gasteiger partial charge in [0, 0.05) is 5.92 Å². The smallest absolute Gasteiger partial charge is 0.173 e. The molecule has 2 atom stereocenters. The van der Waals surface area contributed by atoms with E-state index in [1.807, 2.05) is 0 Å². The molecule has 5 nitrogen and oxygen atoms in total. The molecule has 2 unspecified atom stereocenters. The fourth-order valence-corrected chi connectivity index (χ4v) is 6.46. The molecule has 23 heavy (non-hydrogen) atoms. The second-order valence-corrected chi connectivity index (χ2v) is 8.85. The first-order chi connectivity index (χ1) is 11.0. The number of carbonyl (C=O) groups excluding carboxylic acids is 1. The van der Waals surface area contributed by atoms with Crippen LogP contribution in [0.25, 0.3) is 0 Å². The lowest BCUT2D eigenvalue weighted by Gasteiger charge is -2.38. The van der Waals surface area contributed by atoms with E-state index >= 15 is 0 Å². The maximum absolute atomic E-state index is 13.0. The highest BCUT2D eigenvalue weighted by Crippen LogP contribution is 2.42. The summed E-state index contributed by atoms with van der Waals surface area (Å²) in [5.41, 5.74) is 0.430. The molecule has 1 aromatic carbocycles. The first kappa shape index (κ1) is 16.3. The molecular weight excluding hydrogens is 316 g/mol. The van der Waals surface area contributed by atoms with Crippen molar-refractivity contribution in [2.24, 2.45) is 5.92 Å². The Balaban J connectivity index is 1.93. The Kier molecular flexibility index (Phi) is 4.36. The number of benzene rings is 1. The van der Waals surface area contributed by atoms with Gasteiger partial charge in [-0.05, 0) is 37.8 Å². The number of hydrogen-bond acceptors (Lipinski definition) is 5. The van der Waals surface area contributed by atoms with Crippen LogP contribution in [0.4, 0.5) is 0 Å². The molecule has 6 heteroatoms. The molecule has 2 aliphatic heterocycles. The van der Waals surface area contributed by atoms with Crippen molar-refractivity contribution in [3.63, 3.8) is 0 Å². The molecule has 2 aliphatic rings. The molecular formula is C17H22O5S. The van der Waals surface area contributed by atoms with Crippen molar-refractivity contribution in [2.75, 3.05) is 14.2 Å². The van der Waals surface area contributed by atoms with Crippen LogP contribution in [0.2, 0.25) is 0 Å². The van der Waals surface area contributed by atoms with Crippen molar-refractivity contribution < 1.29 is 22.7 Å². The third-order valence-corrected chi connectivity index (χ3v) is 7.84. The predicted molar refractivity (Wildman–Crippen MR) is 86.9 cm³/mol. The first-order valence-corrected chi connectivity index (χ1v) is 9.58. The summed E-state index contributed by atoms with van der Waals surface area (Å²) in [6.45, 7) is 0. The molecule has 1 aromatic rings. The number of hydrogen-bond donors (Lipinski definition) is 0. The number of ketones is 1. The molecule has 2 fully saturated rings. The molecule has 2 saturated heterocycles. The second kappa shape index (κ2) is 6.15. The summed E-state index contributed by atoms with van der Waals surface area (Å²) in [6, 6.07) is 5.24. The number of ether oxygens (including phenoxy) is 2. The molecule has 0 spiro atoms. The zero-order valence-electron chi connectivity index (χ0n) is 13.4. The molecule has 2 heterocycles. The molecule has 2 bridgehead atoms. The minimum Gasteiger partial charge on any atom is -0.496 e. The van der Waals surface area contributed by atoms with Gasteiger partial charge >= 0.3 is 0 Å². The molecule has 126 valence electrons. The maximum Gasteiger partial charge on any atom is 0.173 e. The van der Waals surface area contributed by atoms with Crippen molar-refractivity contribution in [3.8, 4) is 11.5 Å². The highest BCUT2D eigenvalue weighted by Gasteiger charge is 2.46. The van der Waals surface area contributed by atoms with Gasteiger partial charge < -0.3 is 9.47 Å². The van der Waals surface area contributed by atoms with Crippen molar-refractivity contribution in [1.29, 1.82) is 0 Å². The number of methoxy groups -OCH3 is 2. The summed E-state index contributed by atoms with van der Waals surface area (Å²) in [5.74, 6) is 0.617. The molecule has 0 aliphatic carbocycles. The van der Waals surface area contributed by atoms with Crippen LogP contribution in [0.3, 0.4) is 0 Å². The van der Waals surface area contributed by atoms with E-state index in [0.717, 1.165) is 6.42 Å². The Morgan fingerprint density at radius 2 is 1.57 bits per heavy atom. The Bertz CT molecular complexity index is 667. The Morgan fingerprint density at radius 3 is 2.04 bits per heavy atom. The highest BCUT2D eigenvalue weighted by molar-refractivity contribution is 7.92. The Labute approximate surface area is 136 Å². The predicted octanol–water partition coefficient (Wildman–Crippen LogP) is 2.63. The lowest BCUT2D eigenvalue weighted by atomic mass is 9.84. The summed E-state index contributed by atoms with van der Waals surface area (Å²) in [4.78, 5) is 13.0.